The number of aryl methyl sites for hydroxylation is 1. The van der Waals surface area contributed by atoms with E-state index in [1.807, 2.05) is 67.1 Å². The molecule has 4 atom stereocenters. The molecule has 5 saturated heterocycles. The average Bonchev–Trinajstić information content (AvgIpc) is 1.72. The van der Waals surface area contributed by atoms with Gasteiger partial charge in [0.1, 0.15) is 0 Å². The molecule has 105 heavy (non-hydrogen) atoms. The highest BCUT2D eigenvalue weighted by Gasteiger charge is 2.40. The highest BCUT2D eigenvalue weighted by Crippen LogP contribution is 2.49. The molecule has 1 N–H and O–H groups in total. The summed E-state index contributed by atoms with van der Waals surface area (Å²) < 4.78 is 0.988. The molecule has 0 spiro atoms. The maximum absolute atomic E-state index is 12.9. The maximum Gasteiger partial charge on any atom is 0.277 e. The molecule has 8 aromatic rings. The second-order valence-electron chi connectivity index (χ2n) is 30.4. The van der Waals surface area contributed by atoms with Gasteiger partial charge in [0.15, 0.2) is 0 Å². The van der Waals surface area contributed by atoms with Crippen molar-refractivity contribution >= 4 is 116 Å². The first-order valence-electron chi connectivity index (χ1n) is 37.6. The number of carbonyl (C=O) groups is 1. The van der Waals surface area contributed by atoms with Crippen LogP contribution in [-0.4, -0.2) is 137 Å². The first-order valence-corrected chi connectivity index (χ1v) is 39.9. The Bertz CT molecular complexity index is 4490. The zero-order valence-corrected chi connectivity index (χ0v) is 65.0. The minimum absolute atomic E-state index is 0.0425. The number of likely N-dealkylation sites (tertiary alicyclic amines) is 4. The Kier molecular flexibility index (Phi) is 24.1. The van der Waals surface area contributed by atoms with Gasteiger partial charge in [-0.25, -0.2) is 0 Å². The number of nitrogens with one attached hydrogen (secondary N) is 1. The van der Waals surface area contributed by atoms with Crippen LogP contribution in [0.4, 0.5) is 0 Å². The molecule has 9 heterocycles. The van der Waals surface area contributed by atoms with Crippen molar-refractivity contribution in [2.24, 2.45) is 29.6 Å². The van der Waals surface area contributed by atoms with Gasteiger partial charge in [0.05, 0.1) is 33.3 Å². The number of fused-ring (bicyclic) bond motifs is 8. The van der Waals surface area contributed by atoms with Crippen LogP contribution in [0.2, 0.25) is 20.1 Å². The molecule has 13 nitrogen and oxygen atoms in total. The van der Waals surface area contributed by atoms with E-state index in [0.717, 1.165) is 125 Å². The van der Waals surface area contributed by atoms with Crippen LogP contribution < -0.4 is 5.32 Å². The van der Waals surface area contributed by atoms with E-state index in [-0.39, 0.29) is 22.5 Å². The zero-order valence-electron chi connectivity index (χ0n) is 60.4. The summed E-state index contributed by atoms with van der Waals surface area (Å²) in [6, 6.07) is 36.7. The van der Waals surface area contributed by atoms with Crippen molar-refractivity contribution in [2.75, 3.05) is 86.6 Å². The lowest BCUT2D eigenvalue weighted by Crippen LogP contribution is -2.41. The second-order valence-corrected chi connectivity index (χ2v) is 33.0. The predicted molar refractivity (Wildman–Crippen MR) is 434 cm³/mol. The lowest BCUT2D eigenvalue weighted by molar-refractivity contribution is -0.374. The summed E-state index contributed by atoms with van der Waals surface area (Å²) >= 11 is 28.6. The van der Waals surface area contributed by atoms with E-state index < -0.39 is 0 Å². The summed E-state index contributed by atoms with van der Waals surface area (Å²) in [5.41, 5.74) is 19.6. The smallest absolute Gasteiger partial charge is 0.277 e. The van der Waals surface area contributed by atoms with Crippen molar-refractivity contribution in [1.29, 1.82) is 0 Å². The predicted octanol–water partition coefficient (Wildman–Crippen LogP) is 19.7. The van der Waals surface area contributed by atoms with Crippen LogP contribution in [-0.2, 0) is 4.79 Å². The summed E-state index contributed by atoms with van der Waals surface area (Å²) in [6.07, 6.45) is 34.3. The SMILES string of the molecule is CN1CCC(C2c3ccc(Cl)cc3C([N+](=O)[O-])=Cc3cccnc32)CC1.CN1CCC(C2c3ccc(Cl)cc3C=Cc3cccnc32)CC1.Cc1cnc2c(c1)C=Cc1cc(Cl)ccc1C2C1CCN(C)CC1.O=C(CC1CCNCC1)N1CCC(C2c3ccc(Cl)cc3C=Cc3cc(Br)cnc32)CC1. The van der Waals surface area contributed by atoms with Gasteiger partial charge in [-0.15, -0.1) is 0 Å². The Hall–Kier alpha value is -7.21. The van der Waals surface area contributed by atoms with E-state index in [4.69, 9.17) is 61.4 Å². The number of carbonyl (C=O) groups excluding carboxylic acids is 1. The van der Waals surface area contributed by atoms with Crippen molar-refractivity contribution in [1.82, 2.24) is 44.9 Å². The molecule has 18 heteroatoms. The molecule has 544 valence electrons. The van der Waals surface area contributed by atoms with Gasteiger partial charge in [0.25, 0.3) is 5.70 Å². The highest BCUT2D eigenvalue weighted by molar-refractivity contribution is 9.10. The lowest BCUT2D eigenvalue weighted by Gasteiger charge is -2.37. The fourth-order valence-corrected chi connectivity index (χ4v) is 18.9. The number of halogens is 5. The Morgan fingerprint density at radius 1 is 0.476 bits per heavy atom. The van der Waals surface area contributed by atoms with E-state index in [1.54, 1.807) is 18.3 Å². The minimum atomic E-state index is -0.316. The number of aromatic nitrogens is 4. The van der Waals surface area contributed by atoms with Crippen molar-refractivity contribution < 1.29 is 9.72 Å². The van der Waals surface area contributed by atoms with Crippen molar-refractivity contribution in [3.05, 3.63) is 264 Å². The van der Waals surface area contributed by atoms with Gasteiger partial charge >= 0.3 is 0 Å². The fourth-order valence-electron chi connectivity index (χ4n) is 17.9. The van der Waals surface area contributed by atoms with E-state index in [1.165, 1.54) is 113 Å². The number of nitro groups is 1. The van der Waals surface area contributed by atoms with Crippen LogP contribution in [0.25, 0.3) is 48.2 Å². The number of hydrogen-bond donors (Lipinski definition) is 1. The number of benzene rings is 4. The Labute approximate surface area is 647 Å². The highest BCUT2D eigenvalue weighted by atomic mass is 79.9. The van der Waals surface area contributed by atoms with Crippen molar-refractivity contribution in [3.8, 4) is 0 Å². The molecule has 9 aliphatic rings. The summed E-state index contributed by atoms with van der Waals surface area (Å²) in [4.78, 5) is 52.9. The largest absolute Gasteiger partial charge is 0.343 e. The monoisotopic (exact) mass is 1540 g/mol. The maximum atomic E-state index is 12.9. The van der Waals surface area contributed by atoms with Crippen LogP contribution in [0, 0.1) is 46.6 Å². The number of nitrogens with zero attached hydrogens (tertiary/aromatic N) is 9. The zero-order chi connectivity index (χ0) is 72.8. The van der Waals surface area contributed by atoms with E-state index in [0.29, 0.717) is 64.3 Å². The van der Waals surface area contributed by atoms with Gasteiger partial charge < -0.3 is 24.9 Å². The molecule has 5 aliphatic heterocycles. The summed E-state index contributed by atoms with van der Waals surface area (Å²) in [5, 5.41) is 18.0. The third-order valence-corrected chi connectivity index (χ3v) is 24.9. The summed E-state index contributed by atoms with van der Waals surface area (Å²) in [6.45, 7) is 12.6. The molecule has 4 aromatic heterocycles. The minimum Gasteiger partial charge on any atom is -0.343 e. The van der Waals surface area contributed by atoms with Gasteiger partial charge in [-0.05, 0) is 324 Å². The molecular weight excluding hydrogens is 1450 g/mol. The van der Waals surface area contributed by atoms with Crippen LogP contribution in [0.3, 0.4) is 0 Å². The molecule has 1 amide bonds. The quantitative estimate of drug-likeness (QED) is 0.121. The molecule has 4 unspecified atom stereocenters. The van der Waals surface area contributed by atoms with Gasteiger partial charge in [-0.2, -0.15) is 0 Å². The third kappa shape index (κ3) is 17.4. The number of hydrogen-bond acceptors (Lipinski definition) is 11. The molecular formula is C87H93BrCl4N10O3. The van der Waals surface area contributed by atoms with Crippen LogP contribution >= 0.6 is 62.3 Å². The van der Waals surface area contributed by atoms with Crippen LogP contribution in [0.5, 0.6) is 0 Å². The lowest BCUT2D eigenvalue weighted by atomic mass is 9.76. The third-order valence-electron chi connectivity index (χ3n) is 23.5. The molecule has 0 radical (unpaired) electrons. The number of rotatable bonds is 7. The van der Waals surface area contributed by atoms with Gasteiger partial charge in [-0.1, -0.05) is 119 Å². The average molecular weight is 1550 g/mol. The standard InChI is InChI=1S/C26H29BrClN3O.C21H23ClN2.C20H20ClN3O2.C20H21ClN2/c27-21-14-20-2-1-19-15-22(28)3-4-23(19)25(26(20)30-16-21)18-7-11-31(12-8-18)24(32)13-17-5-9-29-10-6-17;1-14-11-17-4-3-16-12-18(22)5-6-19(16)20(21(17)23-13-14)15-7-9-24(2)10-8-15;1-23-9-6-13(7-10-23)19-16-5-4-15(21)12-17(16)18(24(25)26)11-14-3-2-8-22-20(14)19;1-23-11-8-14(9-12-23)19-18-7-6-17(21)13-16(18)5-4-15-3-2-10-22-20(15)19/h1-4,14-18,25,29H,5-13H2;3-6,11-13,15,20H,7-10H2,1-2H3;2-5,8,11-13,19H,6-7,9-10H2,1H3;2-7,10,13-14,19H,8-9,11-12H2,1H3. The molecule has 4 aromatic carbocycles. The molecule has 0 bridgehead atoms. The first kappa shape index (κ1) is 74.6. The Balaban J connectivity index is 0.000000119. The normalized spacial score (nSPS) is 21.3. The second kappa shape index (κ2) is 33.9. The molecule has 0 saturated carbocycles. The molecule has 4 aliphatic carbocycles. The van der Waals surface area contributed by atoms with Crippen LogP contribution in [0.1, 0.15) is 189 Å². The van der Waals surface area contributed by atoms with Crippen LogP contribution in [0.15, 0.2) is 138 Å². The van der Waals surface area contributed by atoms with Gasteiger partial charge in [0.2, 0.25) is 5.91 Å². The number of amides is 1. The first-order chi connectivity index (χ1) is 51.0. The van der Waals surface area contributed by atoms with E-state index in [9.17, 15) is 14.9 Å². The van der Waals surface area contributed by atoms with Gasteiger partial charge in [-0.3, -0.25) is 34.8 Å². The van der Waals surface area contributed by atoms with Crippen molar-refractivity contribution in [2.45, 2.75) is 101 Å². The van der Waals surface area contributed by atoms with E-state index >= 15 is 0 Å². The fraction of sp³-hybridized carbons (Fsp3) is 0.391. The summed E-state index contributed by atoms with van der Waals surface area (Å²) in [7, 11) is 6.56. The van der Waals surface area contributed by atoms with Crippen molar-refractivity contribution in [3.63, 3.8) is 0 Å². The molecule has 17 rings (SSSR count). The van der Waals surface area contributed by atoms with E-state index in [2.05, 4.69) is 165 Å². The van der Waals surface area contributed by atoms with Gasteiger partial charge in [0, 0.05) is 104 Å². The Morgan fingerprint density at radius 3 is 1.35 bits per heavy atom. The number of piperidine rings is 5. The molecule has 5 fully saturated rings. The number of pyridine rings is 4. The summed E-state index contributed by atoms with van der Waals surface area (Å²) in [5.74, 6) is 3.98. The Morgan fingerprint density at radius 2 is 0.867 bits per heavy atom. The topological polar surface area (TPSA) is 137 Å².